The summed E-state index contributed by atoms with van der Waals surface area (Å²) in [4.78, 5) is 3.46. The van der Waals surface area contributed by atoms with Crippen molar-refractivity contribution >= 4 is 22.7 Å². The number of hydrogen-bond acceptors (Lipinski definition) is 2. The van der Waals surface area contributed by atoms with Gasteiger partial charge >= 0.3 is 0 Å². The second-order valence-corrected chi connectivity index (χ2v) is 5.88. The molecule has 3 N–H and O–H groups in total. The van der Waals surface area contributed by atoms with E-state index in [1.165, 1.54) is 28.8 Å². The molecule has 2 unspecified atom stereocenters. The zero-order valence-corrected chi connectivity index (χ0v) is 9.96. The van der Waals surface area contributed by atoms with E-state index in [0.29, 0.717) is 11.3 Å². The number of H-pyrrole nitrogens is 1. The molecule has 2 nitrogen and oxygen atoms in total. The van der Waals surface area contributed by atoms with Gasteiger partial charge in [0.15, 0.2) is 0 Å². The van der Waals surface area contributed by atoms with Gasteiger partial charge in [0.1, 0.15) is 0 Å². The molecule has 0 amide bonds. The summed E-state index contributed by atoms with van der Waals surface area (Å²) in [7, 11) is 0. The molecule has 0 spiro atoms. The summed E-state index contributed by atoms with van der Waals surface area (Å²) in [5.74, 6) is 0. The molecule has 1 aromatic heterocycles. The van der Waals surface area contributed by atoms with E-state index in [1.54, 1.807) is 0 Å². The Labute approximate surface area is 99.6 Å². The van der Waals surface area contributed by atoms with Crippen molar-refractivity contribution in [3.8, 4) is 0 Å². The van der Waals surface area contributed by atoms with Crippen LogP contribution < -0.4 is 5.73 Å². The number of nitrogens with one attached hydrogen (secondary N) is 1. The van der Waals surface area contributed by atoms with E-state index in [4.69, 9.17) is 5.73 Å². The predicted octanol–water partition coefficient (Wildman–Crippen LogP) is 3.14. The molecule has 1 saturated carbocycles. The fraction of sp³-hybridized carbons (Fsp3) is 0.385. The first kappa shape index (κ1) is 10.2. The molecule has 84 valence electrons. The molecule has 16 heavy (non-hydrogen) atoms. The number of aromatic amines is 1. The number of thioether (sulfide) groups is 1. The summed E-state index contributed by atoms with van der Waals surface area (Å²) in [6.45, 7) is 0. The fourth-order valence-corrected chi connectivity index (χ4v) is 3.69. The molecular formula is C13H16N2S. The lowest BCUT2D eigenvalue weighted by molar-refractivity contribution is 0.706. The van der Waals surface area contributed by atoms with Gasteiger partial charge in [0.25, 0.3) is 0 Å². The van der Waals surface area contributed by atoms with Crippen LogP contribution in [-0.4, -0.2) is 16.3 Å². The molecule has 3 rings (SSSR count). The van der Waals surface area contributed by atoms with Crippen molar-refractivity contribution in [2.75, 3.05) is 0 Å². The third kappa shape index (κ3) is 1.97. The highest BCUT2D eigenvalue weighted by molar-refractivity contribution is 7.99. The molecule has 1 fully saturated rings. The first-order valence-electron chi connectivity index (χ1n) is 5.81. The molecule has 1 aromatic carbocycles. The summed E-state index contributed by atoms with van der Waals surface area (Å²) in [6, 6.07) is 11.1. The van der Waals surface area contributed by atoms with Crippen molar-refractivity contribution in [2.45, 2.75) is 35.6 Å². The molecule has 0 bridgehead atoms. The van der Waals surface area contributed by atoms with Crippen LogP contribution in [0.15, 0.2) is 35.4 Å². The number of benzene rings is 1. The molecule has 2 atom stereocenters. The highest BCUT2D eigenvalue weighted by atomic mass is 32.2. The van der Waals surface area contributed by atoms with E-state index >= 15 is 0 Å². The minimum absolute atomic E-state index is 0.418. The average molecular weight is 232 g/mol. The molecule has 2 aromatic rings. The van der Waals surface area contributed by atoms with Gasteiger partial charge in [-0.3, -0.25) is 0 Å². The van der Waals surface area contributed by atoms with Crippen molar-refractivity contribution in [3.05, 3.63) is 30.3 Å². The largest absolute Gasteiger partial charge is 0.350 e. The third-order valence-electron chi connectivity index (χ3n) is 3.22. The highest BCUT2D eigenvalue weighted by Gasteiger charge is 2.22. The Morgan fingerprint density at radius 2 is 2.12 bits per heavy atom. The number of aromatic nitrogens is 1. The van der Waals surface area contributed by atoms with Crippen molar-refractivity contribution < 1.29 is 0 Å². The Kier molecular flexibility index (Phi) is 2.65. The van der Waals surface area contributed by atoms with E-state index in [-0.39, 0.29) is 0 Å². The first-order valence-corrected chi connectivity index (χ1v) is 6.69. The Bertz CT molecular complexity index is 458. The van der Waals surface area contributed by atoms with E-state index < -0.39 is 0 Å². The van der Waals surface area contributed by atoms with Gasteiger partial charge in [-0.2, -0.15) is 0 Å². The van der Waals surface area contributed by atoms with Crippen LogP contribution in [0.1, 0.15) is 19.3 Å². The molecule has 1 aliphatic carbocycles. The van der Waals surface area contributed by atoms with Gasteiger partial charge < -0.3 is 10.7 Å². The molecule has 0 radical (unpaired) electrons. The van der Waals surface area contributed by atoms with Gasteiger partial charge in [0.2, 0.25) is 0 Å². The highest BCUT2D eigenvalue weighted by Crippen LogP contribution is 2.35. The monoisotopic (exact) mass is 232 g/mol. The zero-order chi connectivity index (χ0) is 11.0. The van der Waals surface area contributed by atoms with Crippen LogP contribution in [-0.2, 0) is 0 Å². The van der Waals surface area contributed by atoms with E-state index in [0.717, 1.165) is 6.42 Å². The quantitative estimate of drug-likeness (QED) is 0.835. The van der Waals surface area contributed by atoms with E-state index in [1.807, 2.05) is 11.8 Å². The smallest absolute Gasteiger partial charge is 0.0735 e. The van der Waals surface area contributed by atoms with Gasteiger partial charge in [0, 0.05) is 22.2 Å². The van der Waals surface area contributed by atoms with Gasteiger partial charge in [0.05, 0.1) is 5.03 Å². The number of fused-ring (bicyclic) bond motifs is 1. The summed E-state index contributed by atoms with van der Waals surface area (Å²) in [5.41, 5.74) is 7.16. The van der Waals surface area contributed by atoms with Crippen molar-refractivity contribution in [1.82, 2.24) is 4.98 Å². The van der Waals surface area contributed by atoms with Gasteiger partial charge in [-0.05, 0) is 31.4 Å². The molecule has 1 heterocycles. The molecule has 1 aliphatic rings. The molecule has 0 aliphatic heterocycles. The van der Waals surface area contributed by atoms with Crippen LogP contribution in [0.2, 0.25) is 0 Å². The van der Waals surface area contributed by atoms with Crippen LogP contribution >= 0.6 is 11.8 Å². The first-order chi connectivity index (χ1) is 7.81. The lowest BCUT2D eigenvalue weighted by Gasteiger charge is -2.06. The number of para-hydroxylation sites is 1. The Morgan fingerprint density at radius 3 is 2.88 bits per heavy atom. The number of nitrogens with two attached hydrogens (primary N) is 1. The van der Waals surface area contributed by atoms with Crippen LogP contribution in [0.4, 0.5) is 0 Å². The van der Waals surface area contributed by atoms with Crippen molar-refractivity contribution in [2.24, 2.45) is 5.73 Å². The predicted molar refractivity (Wildman–Crippen MR) is 69.8 cm³/mol. The maximum absolute atomic E-state index is 5.93. The lowest BCUT2D eigenvalue weighted by Crippen LogP contribution is -2.15. The van der Waals surface area contributed by atoms with Crippen molar-refractivity contribution in [1.29, 1.82) is 0 Å². The summed E-state index contributed by atoms with van der Waals surface area (Å²) >= 11 is 1.95. The molecule has 0 saturated heterocycles. The Morgan fingerprint density at radius 1 is 1.25 bits per heavy atom. The van der Waals surface area contributed by atoms with Crippen LogP contribution in [0.5, 0.6) is 0 Å². The molecule has 3 heteroatoms. The fourth-order valence-electron chi connectivity index (χ4n) is 2.37. The summed E-state index contributed by atoms with van der Waals surface area (Å²) < 4.78 is 0. The average Bonchev–Trinajstić information content (AvgIpc) is 2.84. The maximum Gasteiger partial charge on any atom is 0.0735 e. The third-order valence-corrected chi connectivity index (χ3v) is 4.46. The second kappa shape index (κ2) is 4.15. The Hall–Kier alpha value is -0.930. The topological polar surface area (TPSA) is 41.8 Å². The minimum Gasteiger partial charge on any atom is -0.350 e. The van der Waals surface area contributed by atoms with Gasteiger partial charge in [-0.1, -0.05) is 18.2 Å². The zero-order valence-electron chi connectivity index (χ0n) is 9.15. The number of hydrogen-bond donors (Lipinski definition) is 2. The van der Waals surface area contributed by atoms with Gasteiger partial charge in [-0.15, -0.1) is 11.8 Å². The lowest BCUT2D eigenvalue weighted by atomic mass is 10.3. The van der Waals surface area contributed by atoms with Crippen LogP contribution in [0, 0.1) is 0 Å². The summed E-state index contributed by atoms with van der Waals surface area (Å²) in [5, 5.41) is 3.27. The standard InChI is InChI=1S/C13H16N2S/c14-10-5-6-11(8-10)16-13-7-9-3-1-2-4-12(9)15-13/h1-4,7,10-11,15H,5-6,8,14H2. The van der Waals surface area contributed by atoms with Crippen LogP contribution in [0.25, 0.3) is 10.9 Å². The maximum atomic E-state index is 5.93. The van der Waals surface area contributed by atoms with Crippen molar-refractivity contribution in [3.63, 3.8) is 0 Å². The second-order valence-electron chi connectivity index (χ2n) is 4.53. The number of rotatable bonds is 2. The molecular weight excluding hydrogens is 216 g/mol. The SMILES string of the molecule is NC1CCC(Sc2cc3ccccc3[nH]2)C1. The normalized spacial score (nSPS) is 25.3. The van der Waals surface area contributed by atoms with E-state index in [2.05, 4.69) is 35.3 Å². The Balaban J connectivity index is 1.79. The van der Waals surface area contributed by atoms with Gasteiger partial charge in [-0.25, -0.2) is 0 Å². The minimum atomic E-state index is 0.418. The summed E-state index contributed by atoms with van der Waals surface area (Å²) in [6.07, 6.45) is 3.58. The van der Waals surface area contributed by atoms with Crippen LogP contribution in [0.3, 0.4) is 0 Å². The van der Waals surface area contributed by atoms with E-state index in [9.17, 15) is 0 Å².